The number of benzene rings is 2. The fourth-order valence-corrected chi connectivity index (χ4v) is 4.21. The molecule has 6 nitrogen and oxygen atoms in total. The molecule has 1 saturated heterocycles. The van der Waals surface area contributed by atoms with E-state index in [1.807, 2.05) is 6.07 Å². The molecular formula is C23H27Cl3N6. The van der Waals surface area contributed by atoms with Crippen molar-refractivity contribution >= 4 is 59.6 Å². The number of nitrogens with one attached hydrogen (secondary N) is 3. The Kier molecular flexibility index (Phi) is 8.57. The highest BCUT2D eigenvalue weighted by molar-refractivity contribution is 6.32. The van der Waals surface area contributed by atoms with Crippen LogP contribution in [0.25, 0.3) is 0 Å². The Morgan fingerprint density at radius 3 is 2.53 bits per heavy atom. The van der Waals surface area contributed by atoms with Crippen molar-refractivity contribution in [3.8, 4) is 0 Å². The van der Waals surface area contributed by atoms with Crippen LogP contribution in [0.5, 0.6) is 0 Å². The number of anilines is 4. The molecule has 0 aliphatic carbocycles. The Bertz CT molecular complexity index is 1060. The lowest BCUT2D eigenvalue weighted by molar-refractivity contribution is 0.233. The highest BCUT2D eigenvalue weighted by atomic mass is 35.5. The van der Waals surface area contributed by atoms with Crippen molar-refractivity contribution in [2.45, 2.75) is 19.4 Å². The Hall–Kier alpha value is -2.09. The van der Waals surface area contributed by atoms with Gasteiger partial charge in [-0.25, -0.2) is 4.98 Å². The van der Waals surface area contributed by atoms with Gasteiger partial charge in [0.25, 0.3) is 0 Å². The fourth-order valence-electron chi connectivity index (χ4n) is 4.07. The lowest BCUT2D eigenvalue weighted by atomic mass is 10.0. The molecule has 1 fully saturated rings. The lowest BCUT2D eigenvalue weighted by Gasteiger charge is -2.27. The summed E-state index contributed by atoms with van der Waals surface area (Å²) in [6.45, 7) is 5.20. The number of fused-ring (bicyclic) bond motifs is 6. The Balaban J connectivity index is 0.00000144. The van der Waals surface area contributed by atoms with Crippen LogP contribution < -0.4 is 16.0 Å². The van der Waals surface area contributed by atoms with Gasteiger partial charge in [-0.3, -0.25) is 4.90 Å². The van der Waals surface area contributed by atoms with E-state index in [0.717, 1.165) is 56.9 Å². The average Bonchev–Trinajstić information content (AvgIpc) is 2.75. The molecular weight excluding hydrogens is 467 g/mol. The zero-order chi connectivity index (χ0) is 20.3. The van der Waals surface area contributed by atoms with E-state index in [2.05, 4.69) is 67.2 Å². The molecule has 1 aromatic heterocycles. The molecule has 6 bridgehead atoms. The summed E-state index contributed by atoms with van der Waals surface area (Å²) < 4.78 is 0. The Morgan fingerprint density at radius 1 is 0.906 bits per heavy atom. The largest absolute Gasteiger partial charge is 0.339 e. The topological polar surface area (TPSA) is 65.1 Å². The van der Waals surface area contributed by atoms with Gasteiger partial charge in [0.1, 0.15) is 5.02 Å². The summed E-state index contributed by atoms with van der Waals surface area (Å²) in [5, 5.41) is 10.6. The predicted molar refractivity (Wildman–Crippen MR) is 137 cm³/mol. The molecule has 3 aromatic rings. The van der Waals surface area contributed by atoms with Crippen molar-refractivity contribution in [2.75, 3.05) is 36.8 Å². The van der Waals surface area contributed by atoms with Crippen molar-refractivity contribution in [3.63, 3.8) is 0 Å². The van der Waals surface area contributed by atoms with Crippen LogP contribution in [0.15, 0.2) is 48.7 Å². The van der Waals surface area contributed by atoms with Crippen LogP contribution >= 0.6 is 36.4 Å². The van der Waals surface area contributed by atoms with E-state index in [9.17, 15) is 0 Å². The minimum absolute atomic E-state index is 0. The van der Waals surface area contributed by atoms with Crippen molar-refractivity contribution in [1.29, 1.82) is 0 Å². The molecule has 0 amide bonds. The minimum Gasteiger partial charge on any atom is -0.339 e. The fraction of sp³-hybridized carbons (Fsp3) is 0.304. The van der Waals surface area contributed by atoms with Crippen LogP contribution in [0.1, 0.15) is 16.7 Å². The van der Waals surface area contributed by atoms with Gasteiger partial charge in [-0.05, 0) is 53.8 Å². The summed E-state index contributed by atoms with van der Waals surface area (Å²) in [7, 11) is 0. The van der Waals surface area contributed by atoms with Crippen molar-refractivity contribution < 1.29 is 0 Å². The zero-order valence-corrected chi connectivity index (χ0v) is 20.0. The highest BCUT2D eigenvalue weighted by Crippen LogP contribution is 2.28. The normalized spacial score (nSPS) is 15.4. The second kappa shape index (κ2) is 11.2. The van der Waals surface area contributed by atoms with Crippen molar-refractivity contribution in [2.24, 2.45) is 0 Å². The van der Waals surface area contributed by atoms with E-state index >= 15 is 0 Å². The molecule has 0 unspecified atom stereocenters. The zero-order valence-electron chi connectivity index (χ0n) is 17.6. The van der Waals surface area contributed by atoms with Gasteiger partial charge in [0.05, 0.1) is 6.20 Å². The van der Waals surface area contributed by atoms with Gasteiger partial charge < -0.3 is 16.0 Å². The maximum Gasteiger partial charge on any atom is 0.229 e. The van der Waals surface area contributed by atoms with E-state index in [0.29, 0.717) is 16.8 Å². The van der Waals surface area contributed by atoms with Gasteiger partial charge in [0.15, 0.2) is 5.82 Å². The first kappa shape index (κ1) is 24.6. The second-order valence-electron chi connectivity index (χ2n) is 7.90. The molecule has 170 valence electrons. The Morgan fingerprint density at radius 2 is 1.69 bits per heavy atom. The van der Waals surface area contributed by atoms with E-state index in [1.54, 1.807) is 6.20 Å². The maximum absolute atomic E-state index is 6.40. The highest BCUT2D eigenvalue weighted by Gasteiger charge is 2.13. The number of piperazine rings is 1. The summed E-state index contributed by atoms with van der Waals surface area (Å²) in [5.74, 6) is 1.13. The van der Waals surface area contributed by atoms with Crippen LogP contribution in [-0.4, -0.2) is 41.0 Å². The molecule has 2 aliphatic rings. The van der Waals surface area contributed by atoms with E-state index in [1.165, 1.54) is 16.7 Å². The van der Waals surface area contributed by atoms with Gasteiger partial charge in [-0.2, -0.15) is 4.98 Å². The number of aryl methyl sites for hydroxylation is 2. The molecule has 0 radical (unpaired) electrons. The Labute approximate surface area is 206 Å². The third-order valence-corrected chi connectivity index (χ3v) is 5.84. The minimum atomic E-state index is 0. The van der Waals surface area contributed by atoms with Gasteiger partial charge >= 0.3 is 0 Å². The number of halogens is 3. The van der Waals surface area contributed by atoms with Crippen LogP contribution in [0, 0.1) is 0 Å². The number of aromatic nitrogens is 2. The number of rotatable bonds is 2. The lowest BCUT2D eigenvalue weighted by Crippen LogP contribution is -2.42. The summed E-state index contributed by atoms with van der Waals surface area (Å²) in [5.41, 5.74) is 5.90. The van der Waals surface area contributed by atoms with E-state index in [4.69, 9.17) is 11.6 Å². The quantitative estimate of drug-likeness (QED) is 0.469. The number of hydrogen-bond acceptors (Lipinski definition) is 6. The first-order valence-corrected chi connectivity index (χ1v) is 10.8. The summed E-state index contributed by atoms with van der Waals surface area (Å²) >= 11 is 6.40. The van der Waals surface area contributed by atoms with Crippen molar-refractivity contribution in [3.05, 3.63) is 70.4 Å². The van der Waals surface area contributed by atoms with Gasteiger partial charge in [-0.1, -0.05) is 29.8 Å². The molecule has 2 aliphatic heterocycles. The average molecular weight is 494 g/mol. The van der Waals surface area contributed by atoms with Gasteiger partial charge in [0, 0.05) is 44.1 Å². The molecule has 9 heteroatoms. The first-order valence-electron chi connectivity index (χ1n) is 10.4. The predicted octanol–water partition coefficient (Wildman–Crippen LogP) is 4.96. The van der Waals surface area contributed by atoms with Gasteiger partial charge in [0.2, 0.25) is 5.95 Å². The van der Waals surface area contributed by atoms with Crippen molar-refractivity contribution in [1.82, 2.24) is 20.2 Å². The molecule has 32 heavy (non-hydrogen) atoms. The summed E-state index contributed by atoms with van der Waals surface area (Å²) in [6.07, 6.45) is 3.59. The molecule has 3 N–H and O–H groups in total. The molecule has 0 spiro atoms. The third-order valence-electron chi connectivity index (χ3n) is 5.56. The standard InChI is InChI=1S/C23H25ClN6.2ClH/c24-21-14-26-23-28-19-3-1-2-16(11-19)4-5-17-10-18(15-30-8-6-25-7-9-30)13-20(12-17)27-22(21)29-23;;/h1-3,10-14,25H,4-9,15H2,(H2,26,27,28,29);2*1H. The van der Waals surface area contributed by atoms with E-state index < -0.39 is 0 Å². The molecule has 5 rings (SSSR count). The second-order valence-corrected chi connectivity index (χ2v) is 8.31. The number of hydrogen-bond donors (Lipinski definition) is 3. The SMILES string of the molecule is Cl.Cl.Clc1cnc2nc1Nc1cc(cc(CN3CCNCC3)c1)CCc1cccc(c1)N2. The van der Waals surface area contributed by atoms with Crippen LogP contribution in [0.2, 0.25) is 5.02 Å². The third kappa shape index (κ3) is 6.03. The number of nitrogens with zero attached hydrogens (tertiary/aromatic N) is 3. The monoisotopic (exact) mass is 492 g/mol. The smallest absolute Gasteiger partial charge is 0.229 e. The van der Waals surface area contributed by atoms with E-state index in [-0.39, 0.29) is 24.8 Å². The first-order chi connectivity index (χ1) is 14.7. The maximum atomic E-state index is 6.40. The summed E-state index contributed by atoms with van der Waals surface area (Å²) in [4.78, 5) is 11.4. The molecule has 0 saturated carbocycles. The van der Waals surface area contributed by atoms with Gasteiger partial charge in [-0.15, -0.1) is 24.8 Å². The van der Waals surface area contributed by atoms with Crippen LogP contribution in [0.3, 0.4) is 0 Å². The summed E-state index contributed by atoms with van der Waals surface area (Å²) in [6, 6.07) is 15.2. The molecule has 3 heterocycles. The molecule has 0 atom stereocenters. The molecule has 2 aromatic carbocycles. The van der Waals surface area contributed by atoms with Crippen LogP contribution in [-0.2, 0) is 19.4 Å². The van der Waals surface area contributed by atoms with Crippen LogP contribution in [0.4, 0.5) is 23.1 Å².